The fourth-order valence-corrected chi connectivity index (χ4v) is 2.72. The molecule has 0 bridgehead atoms. The molecule has 1 aromatic rings. The van der Waals surface area contributed by atoms with Crippen LogP contribution in [0, 0.1) is 17.2 Å². The monoisotopic (exact) mass is 273 g/mol. The second-order valence-corrected chi connectivity index (χ2v) is 5.42. The number of pyridine rings is 1. The fourth-order valence-electron chi connectivity index (χ4n) is 2.72. The predicted molar refractivity (Wildman–Crippen MR) is 75.1 cm³/mol. The summed E-state index contributed by atoms with van der Waals surface area (Å²) in [6.45, 7) is 2.14. The molecule has 106 valence electrons. The Kier molecular flexibility index (Phi) is 4.23. The number of carbonyl (C=O) groups is 1. The van der Waals surface area contributed by atoms with Gasteiger partial charge in [0.25, 0.3) is 5.91 Å². The molecule has 2 N–H and O–H groups in total. The Hall–Kier alpha value is -2.09. The van der Waals surface area contributed by atoms with Gasteiger partial charge < -0.3 is 10.3 Å². The Morgan fingerprint density at radius 2 is 2.25 bits per heavy atom. The number of H-pyrrole nitrogens is 1. The van der Waals surface area contributed by atoms with Crippen LogP contribution in [0.3, 0.4) is 0 Å². The zero-order chi connectivity index (χ0) is 14.6. The molecule has 1 amide bonds. The van der Waals surface area contributed by atoms with Crippen molar-refractivity contribution in [2.45, 2.75) is 44.6 Å². The highest BCUT2D eigenvalue weighted by Crippen LogP contribution is 2.33. The Bertz CT molecular complexity index is 577. The third-order valence-corrected chi connectivity index (χ3v) is 4.17. The van der Waals surface area contributed by atoms with Crippen LogP contribution in [0.2, 0.25) is 0 Å². The zero-order valence-electron chi connectivity index (χ0n) is 11.6. The number of nitrogens with zero attached hydrogens (tertiary/aromatic N) is 1. The standard InChI is InChI=1S/C15H19N3O2/c1-2-11-3-6-15(10-16,7-4-11)18-14(20)12-9-17-8-5-13(12)19/h5,8-9,11H,2-4,6-7H2,1H3,(H,17,19)(H,18,20). The molecule has 1 fully saturated rings. The van der Waals surface area contributed by atoms with E-state index in [1.54, 1.807) is 0 Å². The molecule has 1 heterocycles. The van der Waals surface area contributed by atoms with Crippen molar-refractivity contribution in [3.05, 3.63) is 34.2 Å². The quantitative estimate of drug-likeness (QED) is 0.882. The first kappa shape index (κ1) is 14.3. The average Bonchev–Trinajstić information content (AvgIpc) is 2.48. The van der Waals surface area contributed by atoms with E-state index in [-0.39, 0.29) is 11.0 Å². The molecule has 0 atom stereocenters. The van der Waals surface area contributed by atoms with E-state index in [4.69, 9.17) is 0 Å². The first-order valence-corrected chi connectivity index (χ1v) is 7.01. The van der Waals surface area contributed by atoms with Crippen LogP contribution < -0.4 is 10.7 Å². The van der Waals surface area contributed by atoms with Crippen molar-refractivity contribution in [3.8, 4) is 6.07 Å². The van der Waals surface area contributed by atoms with Gasteiger partial charge in [0.05, 0.1) is 6.07 Å². The SMILES string of the molecule is CCC1CCC(C#N)(NC(=O)c2c[nH]ccc2=O)CC1. The van der Waals surface area contributed by atoms with Crippen molar-refractivity contribution in [3.63, 3.8) is 0 Å². The summed E-state index contributed by atoms with van der Waals surface area (Å²) < 4.78 is 0. The maximum atomic E-state index is 12.2. The minimum atomic E-state index is -0.828. The molecule has 0 spiro atoms. The number of hydrogen-bond acceptors (Lipinski definition) is 3. The van der Waals surface area contributed by atoms with Crippen LogP contribution in [-0.4, -0.2) is 16.4 Å². The average molecular weight is 273 g/mol. The van der Waals surface area contributed by atoms with E-state index in [0.29, 0.717) is 18.8 Å². The summed E-state index contributed by atoms with van der Waals surface area (Å²) in [6, 6.07) is 3.55. The molecule has 5 heteroatoms. The molecule has 2 rings (SSSR count). The number of nitriles is 1. The lowest BCUT2D eigenvalue weighted by Crippen LogP contribution is -2.50. The van der Waals surface area contributed by atoms with E-state index in [9.17, 15) is 14.9 Å². The first-order valence-electron chi connectivity index (χ1n) is 7.01. The van der Waals surface area contributed by atoms with Crippen molar-refractivity contribution in [1.82, 2.24) is 10.3 Å². The van der Waals surface area contributed by atoms with Gasteiger partial charge in [-0.15, -0.1) is 0 Å². The summed E-state index contributed by atoms with van der Waals surface area (Å²) in [5, 5.41) is 12.2. The van der Waals surface area contributed by atoms with E-state index in [2.05, 4.69) is 23.3 Å². The second-order valence-electron chi connectivity index (χ2n) is 5.42. The molecule has 1 aliphatic rings. The molecule has 0 aromatic carbocycles. The van der Waals surface area contributed by atoms with Gasteiger partial charge >= 0.3 is 0 Å². The number of aromatic amines is 1. The van der Waals surface area contributed by atoms with Gasteiger partial charge in [0, 0.05) is 18.5 Å². The molecule has 1 saturated carbocycles. The molecule has 1 aliphatic carbocycles. The van der Waals surface area contributed by atoms with Gasteiger partial charge in [-0.25, -0.2) is 0 Å². The molecule has 0 saturated heterocycles. The fraction of sp³-hybridized carbons (Fsp3) is 0.533. The number of rotatable bonds is 3. The van der Waals surface area contributed by atoms with Crippen molar-refractivity contribution in [1.29, 1.82) is 5.26 Å². The van der Waals surface area contributed by atoms with Crippen molar-refractivity contribution < 1.29 is 4.79 Å². The van der Waals surface area contributed by atoms with Crippen molar-refractivity contribution >= 4 is 5.91 Å². The van der Waals surface area contributed by atoms with Gasteiger partial charge in [-0.05, 0) is 31.6 Å². The van der Waals surface area contributed by atoms with E-state index in [1.807, 2.05) is 0 Å². The largest absolute Gasteiger partial charge is 0.367 e. The zero-order valence-corrected chi connectivity index (χ0v) is 11.6. The first-order chi connectivity index (χ1) is 9.60. The van der Waals surface area contributed by atoms with Gasteiger partial charge in [0.15, 0.2) is 5.43 Å². The predicted octanol–water partition coefficient (Wildman–Crippen LogP) is 1.97. The number of aromatic nitrogens is 1. The van der Waals surface area contributed by atoms with Crippen LogP contribution in [0.4, 0.5) is 0 Å². The number of hydrogen-bond donors (Lipinski definition) is 2. The third kappa shape index (κ3) is 2.90. The minimum absolute atomic E-state index is 0.0553. The van der Waals surface area contributed by atoms with Crippen molar-refractivity contribution in [2.75, 3.05) is 0 Å². The summed E-state index contributed by atoms with van der Waals surface area (Å²) in [5.74, 6) is 0.164. The Morgan fingerprint density at radius 1 is 1.55 bits per heavy atom. The topological polar surface area (TPSA) is 85.8 Å². The van der Waals surface area contributed by atoms with Crippen LogP contribution >= 0.6 is 0 Å². The Balaban J connectivity index is 2.12. The van der Waals surface area contributed by atoms with Gasteiger partial charge in [0.1, 0.15) is 11.1 Å². The van der Waals surface area contributed by atoms with Gasteiger partial charge in [-0.3, -0.25) is 9.59 Å². The van der Waals surface area contributed by atoms with Crippen LogP contribution in [0.15, 0.2) is 23.3 Å². The molecule has 0 unspecified atom stereocenters. The van der Waals surface area contributed by atoms with E-state index in [1.165, 1.54) is 18.5 Å². The van der Waals surface area contributed by atoms with Gasteiger partial charge in [-0.2, -0.15) is 5.26 Å². The molecule has 20 heavy (non-hydrogen) atoms. The van der Waals surface area contributed by atoms with Crippen LogP contribution in [-0.2, 0) is 0 Å². The smallest absolute Gasteiger partial charge is 0.257 e. The van der Waals surface area contributed by atoms with Crippen molar-refractivity contribution in [2.24, 2.45) is 5.92 Å². The minimum Gasteiger partial charge on any atom is -0.367 e. The second kappa shape index (κ2) is 5.91. The summed E-state index contributed by atoms with van der Waals surface area (Å²) in [7, 11) is 0. The molecule has 0 radical (unpaired) electrons. The molecular formula is C15H19N3O2. The van der Waals surface area contributed by atoms with Gasteiger partial charge in [-0.1, -0.05) is 13.3 Å². The highest BCUT2D eigenvalue weighted by atomic mass is 16.2. The number of nitrogens with one attached hydrogen (secondary N) is 2. The molecule has 5 nitrogen and oxygen atoms in total. The lowest BCUT2D eigenvalue weighted by atomic mass is 9.76. The number of amides is 1. The normalized spacial score (nSPS) is 25.7. The number of carbonyl (C=O) groups excluding carboxylic acids is 1. The summed E-state index contributed by atoms with van der Waals surface area (Å²) >= 11 is 0. The van der Waals surface area contributed by atoms with Crippen LogP contribution in [0.1, 0.15) is 49.4 Å². The Labute approximate surface area is 118 Å². The third-order valence-electron chi connectivity index (χ3n) is 4.17. The Morgan fingerprint density at radius 3 is 2.80 bits per heavy atom. The molecule has 0 aliphatic heterocycles. The molecule has 1 aromatic heterocycles. The highest BCUT2D eigenvalue weighted by Gasteiger charge is 2.36. The summed E-state index contributed by atoms with van der Waals surface area (Å²) in [5.41, 5.74) is -1.11. The summed E-state index contributed by atoms with van der Waals surface area (Å²) in [6.07, 6.45) is 7.14. The van der Waals surface area contributed by atoms with Gasteiger partial charge in [0.2, 0.25) is 0 Å². The lowest BCUT2D eigenvalue weighted by Gasteiger charge is -2.35. The van der Waals surface area contributed by atoms with E-state index in [0.717, 1.165) is 19.3 Å². The van der Waals surface area contributed by atoms with E-state index < -0.39 is 11.4 Å². The maximum Gasteiger partial charge on any atom is 0.257 e. The highest BCUT2D eigenvalue weighted by molar-refractivity contribution is 5.94. The maximum absolute atomic E-state index is 12.2. The lowest BCUT2D eigenvalue weighted by molar-refractivity contribution is 0.0889. The van der Waals surface area contributed by atoms with E-state index >= 15 is 0 Å². The molecular weight excluding hydrogens is 254 g/mol. The van der Waals surface area contributed by atoms with Crippen LogP contribution in [0.5, 0.6) is 0 Å². The summed E-state index contributed by atoms with van der Waals surface area (Å²) in [4.78, 5) is 26.5. The van der Waals surface area contributed by atoms with Crippen LogP contribution in [0.25, 0.3) is 0 Å².